The van der Waals surface area contributed by atoms with Crippen molar-refractivity contribution in [2.24, 2.45) is 0 Å². The number of nitrogens with zero attached hydrogens (tertiary/aromatic N) is 4. The minimum atomic E-state index is -0.0567. The van der Waals surface area contributed by atoms with Gasteiger partial charge in [-0.1, -0.05) is 11.8 Å². The molecule has 0 aliphatic carbocycles. The molecule has 7 nitrogen and oxygen atoms in total. The van der Waals surface area contributed by atoms with Crippen molar-refractivity contribution >= 4 is 17.7 Å². The van der Waals surface area contributed by atoms with E-state index in [0.29, 0.717) is 17.5 Å². The average molecular weight is 279 g/mol. The van der Waals surface area contributed by atoms with Gasteiger partial charge in [-0.25, -0.2) is 0 Å². The molecule has 0 aliphatic heterocycles. The van der Waals surface area contributed by atoms with E-state index in [-0.39, 0.29) is 11.7 Å². The second-order valence-electron chi connectivity index (χ2n) is 3.72. The van der Waals surface area contributed by atoms with Crippen LogP contribution in [0.25, 0.3) is 5.69 Å². The molecule has 0 bridgehead atoms. The number of tetrazole rings is 1. The van der Waals surface area contributed by atoms with Crippen molar-refractivity contribution in [1.29, 1.82) is 0 Å². The van der Waals surface area contributed by atoms with Gasteiger partial charge in [0.2, 0.25) is 11.1 Å². The van der Waals surface area contributed by atoms with Gasteiger partial charge in [0.25, 0.3) is 0 Å². The number of thioether (sulfide) groups is 1. The lowest BCUT2D eigenvalue weighted by atomic mass is 10.3. The van der Waals surface area contributed by atoms with Crippen molar-refractivity contribution < 1.29 is 9.90 Å². The molecule has 0 radical (unpaired) electrons. The van der Waals surface area contributed by atoms with E-state index in [2.05, 4.69) is 20.8 Å². The van der Waals surface area contributed by atoms with Crippen LogP contribution < -0.4 is 5.32 Å². The van der Waals surface area contributed by atoms with Gasteiger partial charge in [-0.05, 0) is 34.7 Å². The quantitative estimate of drug-likeness (QED) is 0.615. The Bertz CT molecular complexity index is 554. The number of phenolic OH excluding ortho intramolecular Hbond substituents is 1. The number of carbonyl (C=O) groups excluding carboxylic acids is 1. The molecule has 0 saturated heterocycles. The summed E-state index contributed by atoms with van der Waals surface area (Å²) in [6, 6.07) is 6.60. The Balaban J connectivity index is 2.01. The Labute approximate surface area is 114 Å². The van der Waals surface area contributed by atoms with Crippen molar-refractivity contribution in [1.82, 2.24) is 25.5 Å². The summed E-state index contributed by atoms with van der Waals surface area (Å²) in [5.74, 6) is 0.813. The molecule has 1 aromatic carbocycles. The number of rotatable bonds is 5. The fourth-order valence-corrected chi connectivity index (χ4v) is 2.14. The number of carbonyl (C=O) groups is 1. The first-order valence-electron chi connectivity index (χ1n) is 5.62. The van der Waals surface area contributed by atoms with Crippen LogP contribution in [0.3, 0.4) is 0 Å². The Morgan fingerprint density at radius 3 is 2.84 bits per heavy atom. The average Bonchev–Trinajstić information content (AvgIpc) is 2.84. The van der Waals surface area contributed by atoms with E-state index in [1.807, 2.05) is 0 Å². The minimum absolute atomic E-state index is 0.0567. The molecule has 0 spiro atoms. The lowest BCUT2D eigenvalue weighted by Crippen LogP contribution is -2.22. The van der Waals surface area contributed by atoms with Crippen molar-refractivity contribution in [3.05, 3.63) is 24.3 Å². The molecule has 0 aliphatic rings. The standard InChI is InChI=1S/C11H13N5O2S/c1-8(17)12-6-7-19-11-13-14-15-16(11)9-2-4-10(18)5-3-9/h2-5,18H,6-7H2,1H3,(H,12,17). The van der Waals surface area contributed by atoms with Crippen LogP contribution in [0, 0.1) is 0 Å². The first-order chi connectivity index (χ1) is 9.16. The molecule has 0 unspecified atom stereocenters. The molecular formula is C11H13N5O2S. The summed E-state index contributed by atoms with van der Waals surface area (Å²) in [7, 11) is 0. The van der Waals surface area contributed by atoms with Gasteiger partial charge < -0.3 is 10.4 Å². The summed E-state index contributed by atoms with van der Waals surface area (Å²) in [6.07, 6.45) is 0. The third-order valence-corrected chi connectivity index (χ3v) is 3.16. The van der Waals surface area contributed by atoms with E-state index in [1.54, 1.807) is 28.9 Å². The van der Waals surface area contributed by atoms with Gasteiger partial charge >= 0.3 is 0 Å². The first kappa shape index (κ1) is 13.3. The highest BCUT2D eigenvalue weighted by Gasteiger charge is 2.08. The van der Waals surface area contributed by atoms with Crippen LogP contribution in [-0.2, 0) is 4.79 Å². The highest BCUT2D eigenvalue weighted by molar-refractivity contribution is 7.99. The van der Waals surface area contributed by atoms with Crippen LogP contribution in [0.4, 0.5) is 0 Å². The zero-order valence-electron chi connectivity index (χ0n) is 10.3. The van der Waals surface area contributed by atoms with Gasteiger partial charge in [0.1, 0.15) is 5.75 Å². The molecule has 19 heavy (non-hydrogen) atoms. The van der Waals surface area contributed by atoms with Gasteiger partial charge in [-0.2, -0.15) is 4.68 Å². The Kier molecular flexibility index (Phi) is 4.35. The third kappa shape index (κ3) is 3.68. The predicted molar refractivity (Wildman–Crippen MR) is 70.2 cm³/mol. The lowest BCUT2D eigenvalue weighted by Gasteiger charge is -2.04. The van der Waals surface area contributed by atoms with Gasteiger partial charge in [0.15, 0.2) is 0 Å². The molecule has 100 valence electrons. The van der Waals surface area contributed by atoms with Crippen LogP contribution in [0.1, 0.15) is 6.92 Å². The van der Waals surface area contributed by atoms with E-state index in [9.17, 15) is 9.90 Å². The minimum Gasteiger partial charge on any atom is -0.508 e. The predicted octanol–water partition coefficient (Wildman–Crippen LogP) is 0.596. The number of hydrogen-bond acceptors (Lipinski definition) is 6. The molecule has 8 heteroatoms. The molecule has 0 saturated carbocycles. The van der Waals surface area contributed by atoms with E-state index < -0.39 is 0 Å². The SMILES string of the molecule is CC(=O)NCCSc1nnnn1-c1ccc(O)cc1. The van der Waals surface area contributed by atoms with E-state index >= 15 is 0 Å². The zero-order valence-corrected chi connectivity index (χ0v) is 11.1. The Hall–Kier alpha value is -2.09. The summed E-state index contributed by atoms with van der Waals surface area (Å²) in [4.78, 5) is 10.7. The molecule has 1 aromatic heterocycles. The van der Waals surface area contributed by atoms with E-state index in [0.717, 1.165) is 5.69 Å². The maximum atomic E-state index is 10.7. The normalized spacial score (nSPS) is 10.4. The van der Waals surface area contributed by atoms with Gasteiger partial charge in [0, 0.05) is 19.2 Å². The fraction of sp³-hybridized carbons (Fsp3) is 0.273. The third-order valence-electron chi connectivity index (χ3n) is 2.24. The smallest absolute Gasteiger partial charge is 0.216 e. The largest absolute Gasteiger partial charge is 0.508 e. The van der Waals surface area contributed by atoms with Crippen LogP contribution in [0.2, 0.25) is 0 Å². The van der Waals surface area contributed by atoms with E-state index in [1.165, 1.54) is 18.7 Å². The van der Waals surface area contributed by atoms with Crippen LogP contribution in [-0.4, -0.2) is 43.5 Å². The number of hydrogen-bond donors (Lipinski definition) is 2. The second-order valence-corrected chi connectivity index (χ2v) is 4.78. The summed E-state index contributed by atoms with van der Waals surface area (Å²) in [5, 5.41) is 24.0. The van der Waals surface area contributed by atoms with Crippen LogP contribution in [0.5, 0.6) is 5.75 Å². The summed E-state index contributed by atoms with van der Waals surface area (Å²) >= 11 is 1.44. The Morgan fingerprint density at radius 2 is 2.16 bits per heavy atom. The highest BCUT2D eigenvalue weighted by Crippen LogP contribution is 2.19. The highest BCUT2D eigenvalue weighted by atomic mass is 32.2. The molecule has 1 amide bonds. The fourth-order valence-electron chi connectivity index (χ4n) is 1.39. The van der Waals surface area contributed by atoms with Gasteiger partial charge in [0.05, 0.1) is 5.69 Å². The van der Waals surface area contributed by atoms with Gasteiger partial charge in [-0.15, -0.1) is 5.10 Å². The van der Waals surface area contributed by atoms with E-state index in [4.69, 9.17) is 0 Å². The maximum absolute atomic E-state index is 10.7. The number of aromatic nitrogens is 4. The Morgan fingerprint density at radius 1 is 1.42 bits per heavy atom. The number of benzene rings is 1. The monoisotopic (exact) mass is 279 g/mol. The van der Waals surface area contributed by atoms with Crippen molar-refractivity contribution in [2.45, 2.75) is 12.1 Å². The molecular weight excluding hydrogens is 266 g/mol. The summed E-state index contributed by atoms with van der Waals surface area (Å²) in [5.41, 5.74) is 0.768. The lowest BCUT2D eigenvalue weighted by molar-refractivity contribution is -0.118. The number of nitrogens with one attached hydrogen (secondary N) is 1. The maximum Gasteiger partial charge on any atom is 0.216 e. The number of amides is 1. The molecule has 2 aromatic rings. The van der Waals surface area contributed by atoms with Gasteiger partial charge in [-0.3, -0.25) is 4.79 Å². The van der Waals surface area contributed by atoms with Crippen molar-refractivity contribution in [3.8, 4) is 11.4 Å². The summed E-state index contributed by atoms with van der Waals surface area (Å²) < 4.78 is 1.58. The molecule has 0 atom stereocenters. The molecule has 1 heterocycles. The van der Waals surface area contributed by atoms with Crippen LogP contribution >= 0.6 is 11.8 Å². The zero-order chi connectivity index (χ0) is 13.7. The number of aromatic hydroxyl groups is 1. The first-order valence-corrected chi connectivity index (χ1v) is 6.60. The topological polar surface area (TPSA) is 92.9 Å². The van der Waals surface area contributed by atoms with Crippen molar-refractivity contribution in [2.75, 3.05) is 12.3 Å². The second kappa shape index (κ2) is 6.19. The summed E-state index contributed by atoms with van der Waals surface area (Å²) in [6.45, 7) is 2.04. The van der Waals surface area contributed by atoms with Crippen molar-refractivity contribution in [3.63, 3.8) is 0 Å². The molecule has 0 fully saturated rings. The molecule has 2 rings (SSSR count). The number of phenols is 1. The molecule has 2 N–H and O–H groups in total. The van der Waals surface area contributed by atoms with Crippen LogP contribution in [0.15, 0.2) is 29.4 Å².